The highest BCUT2D eigenvalue weighted by molar-refractivity contribution is 7.85. The maximum Gasteiger partial charge on any atom is 0.306 e. The molecule has 0 fully saturated rings. The summed E-state index contributed by atoms with van der Waals surface area (Å²) in [7, 11) is 0.369. The van der Waals surface area contributed by atoms with Gasteiger partial charge in [0, 0.05) is 35.0 Å². The number of ether oxygens (including phenoxy) is 2. The Morgan fingerprint density at radius 2 is 2.13 bits per heavy atom. The molecule has 0 aliphatic carbocycles. The van der Waals surface area contributed by atoms with Gasteiger partial charge >= 0.3 is 5.97 Å². The van der Waals surface area contributed by atoms with Crippen LogP contribution in [-0.4, -0.2) is 41.5 Å². The van der Waals surface area contributed by atoms with E-state index in [9.17, 15) is 9.00 Å². The second-order valence-corrected chi connectivity index (χ2v) is 5.20. The first kappa shape index (κ1) is 14.6. The van der Waals surface area contributed by atoms with E-state index in [1.165, 1.54) is 7.11 Å². The molecule has 0 aromatic rings. The number of hydrogen-bond donors (Lipinski definition) is 0. The first-order valence-electron chi connectivity index (χ1n) is 5.13. The number of esters is 1. The van der Waals surface area contributed by atoms with Crippen LogP contribution in [0.1, 0.15) is 26.7 Å². The van der Waals surface area contributed by atoms with Crippen LogP contribution in [0.2, 0.25) is 0 Å². The fourth-order valence-electron chi connectivity index (χ4n) is 1.06. The Hall–Kier alpha value is -0.420. The molecule has 0 aromatic heterocycles. The van der Waals surface area contributed by atoms with Crippen LogP contribution in [0.5, 0.6) is 0 Å². The lowest BCUT2D eigenvalue weighted by Crippen LogP contribution is -2.19. The fourth-order valence-corrected chi connectivity index (χ4v) is 2.19. The summed E-state index contributed by atoms with van der Waals surface area (Å²) < 4.78 is 21.3. The first-order valence-corrected chi connectivity index (χ1v) is 6.51. The Labute approximate surface area is 93.8 Å². The molecule has 0 saturated carbocycles. The third kappa shape index (κ3) is 7.50. The molecule has 2 unspecified atom stereocenters. The molecule has 0 bridgehead atoms. The summed E-state index contributed by atoms with van der Waals surface area (Å²) in [4.78, 5) is 10.9. The van der Waals surface area contributed by atoms with Crippen molar-refractivity contribution in [3.05, 3.63) is 0 Å². The molecular weight excluding hydrogens is 216 g/mol. The molecule has 0 aliphatic heterocycles. The Balaban J connectivity index is 3.64. The quantitative estimate of drug-likeness (QED) is 0.468. The summed E-state index contributed by atoms with van der Waals surface area (Å²) in [6.07, 6.45) is 0.990. The van der Waals surface area contributed by atoms with Crippen LogP contribution in [0.4, 0.5) is 0 Å². The van der Waals surface area contributed by atoms with Crippen molar-refractivity contribution in [2.24, 2.45) is 0 Å². The van der Waals surface area contributed by atoms with Crippen molar-refractivity contribution in [1.82, 2.24) is 0 Å². The number of carbonyl (C=O) groups is 1. The van der Waals surface area contributed by atoms with Crippen molar-refractivity contribution in [3.63, 3.8) is 0 Å². The average Bonchev–Trinajstić information content (AvgIpc) is 2.23. The van der Waals surface area contributed by atoms with Crippen molar-refractivity contribution in [2.75, 3.05) is 26.1 Å². The highest BCUT2D eigenvalue weighted by atomic mass is 32.2. The topological polar surface area (TPSA) is 52.6 Å². The van der Waals surface area contributed by atoms with Crippen LogP contribution in [0.15, 0.2) is 0 Å². The van der Waals surface area contributed by atoms with Gasteiger partial charge in [-0.25, -0.2) is 0 Å². The van der Waals surface area contributed by atoms with Gasteiger partial charge in [0.15, 0.2) is 0 Å². The van der Waals surface area contributed by atoms with E-state index in [1.807, 2.05) is 6.92 Å². The summed E-state index contributed by atoms with van der Waals surface area (Å²) >= 11 is 0. The molecule has 0 aliphatic rings. The number of rotatable bonds is 8. The number of hydrogen-bond acceptors (Lipinski definition) is 4. The summed E-state index contributed by atoms with van der Waals surface area (Å²) in [5.74, 6) is 0.277. The van der Waals surface area contributed by atoms with Crippen molar-refractivity contribution in [1.29, 1.82) is 0 Å². The standard InChI is InChI=1S/C10H20O4S/c1-4-14-6-5-7-15(12)9(2)8-10(11)13-3/h9H,4-8H2,1-3H3. The normalized spacial score (nSPS) is 14.6. The predicted octanol–water partition coefficient (Wildman–Crippen LogP) is 1.11. The highest BCUT2D eigenvalue weighted by Crippen LogP contribution is 2.04. The summed E-state index contributed by atoms with van der Waals surface area (Å²) in [5, 5.41) is -0.140. The lowest BCUT2D eigenvalue weighted by Gasteiger charge is -2.09. The highest BCUT2D eigenvalue weighted by Gasteiger charge is 2.15. The second kappa shape index (κ2) is 8.85. The van der Waals surface area contributed by atoms with Crippen LogP contribution >= 0.6 is 0 Å². The van der Waals surface area contributed by atoms with Gasteiger partial charge in [0.1, 0.15) is 0 Å². The maximum atomic E-state index is 11.6. The van der Waals surface area contributed by atoms with Crippen LogP contribution < -0.4 is 0 Å². The van der Waals surface area contributed by atoms with Gasteiger partial charge in [-0.15, -0.1) is 0 Å². The number of carbonyl (C=O) groups excluding carboxylic acids is 1. The van der Waals surface area contributed by atoms with Crippen molar-refractivity contribution in [3.8, 4) is 0 Å². The molecule has 0 amide bonds. The molecule has 0 aromatic carbocycles. The Bertz CT molecular complexity index is 206. The van der Waals surface area contributed by atoms with Crippen LogP contribution in [0, 0.1) is 0 Å². The maximum absolute atomic E-state index is 11.6. The van der Waals surface area contributed by atoms with E-state index in [4.69, 9.17) is 4.74 Å². The Morgan fingerprint density at radius 3 is 2.67 bits per heavy atom. The lowest BCUT2D eigenvalue weighted by molar-refractivity contribution is -0.140. The second-order valence-electron chi connectivity index (χ2n) is 3.23. The van der Waals surface area contributed by atoms with E-state index in [1.54, 1.807) is 6.92 Å². The molecular formula is C10H20O4S. The summed E-state index contributed by atoms with van der Waals surface area (Å²) in [6, 6.07) is 0. The van der Waals surface area contributed by atoms with E-state index < -0.39 is 10.8 Å². The smallest absolute Gasteiger partial charge is 0.306 e. The molecule has 0 saturated heterocycles. The predicted molar refractivity (Wildman–Crippen MR) is 60.2 cm³/mol. The van der Waals surface area contributed by atoms with Gasteiger partial charge in [-0.2, -0.15) is 0 Å². The zero-order valence-corrected chi connectivity index (χ0v) is 10.5. The van der Waals surface area contributed by atoms with Crippen LogP contribution in [0.3, 0.4) is 0 Å². The molecule has 0 N–H and O–H groups in total. The average molecular weight is 236 g/mol. The molecule has 2 atom stereocenters. The largest absolute Gasteiger partial charge is 0.469 e. The van der Waals surface area contributed by atoms with Crippen LogP contribution in [0.25, 0.3) is 0 Å². The molecule has 0 radical (unpaired) electrons. The number of methoxy groups -OCH3 is 1. The van der Waals surface area contributed by atoms with Gasteiger partial charge in [-0.05, 0) is 13.3 Å². The fraction of sp³-hybridized carbons (Fsp3) is 0.900. The zero-order valence-electron chi connectivity index (χ0n) is 9.65. The summed E-state index contributed by atoms with van der Waals surface area (Å²) in [6.45, 7) is 5.04. The van der Waals surface area contributed by atoms with Gasteiger partial charge in [0.2, 0.25) is 0 Å². The van der Waals surface area contributed by atoms with E-state index in [2.05, 4.69) is 4.74 Å². The Morgan fingerprint density at radius 1 is 1.47 bits per heavy atom. The first-order chi connectivity index (χ1) is 7.11. The molecule has 0 spiro atoms. The lowest BCUT2D eigenvalue weighted by atomic mass is 10.3. The van der Waals surface area contributed by atoms with Gasteiger partial charge in [0.25, 0.3) is 0 Å². The van der Waals surface area contributed by atoms with E-state index in [-0.39, 0.29) is 17.6 Å². The van der Waals surface area contributed by atoms with Gasteiger partial charge in [-0.1, -0.05) is 6.92 Å². The van der Waals surface area contributed by atoms with E-state index in [0.717, 1.165) is 6.42 Å². The van der Waals surface area contributed by atoms with Crippen LogP contribution in [-0.2, 0) is 25.1 Å². The molecule has 0 heterocycles. The van der Waals surface area contributed by atoms with E-state index in [0.29, 0.717) is 19.0 Å². The molecule has 5 heteroatoms. The molecule has 90 valence electrons. The van der Waals surface area contributed by atoms with Gasteiger partial charge < -0.3 is 9.47 Å². The molecule has 4 nitrogen and oxygen atoms in total. The van der Waals surface area contributed by atoms with Gasteiger partial charge in [0.05, 0.1) is 13.5 Å². The van der Waals surface area contributed by atoms with Crippen molar-refractivity contribution >= 4 is 16.8 Å². The minimum atomic E-state index is -0.971. The Kier molecular flexibility index (Phi) is 8.61. The van der Waals surface area contributed by atoms with Crippen molar-refractivity contribution < 1.29 is 18.5 Å². The zero-order chi connectivity index (χ0) is 11.7. The van der Waals surface area contributed by atoms with E-state index >= 15 is 0 Å². The minimum absolute atomic E-state index is 0.140. The SMILES string of the molecule is CCOCCCS(=O)C(C)CC(=O)OC. The third-order valence-electron chi connectivity index (χ3n) is 1.97. The van der Waals surface area contributed by atoms with Crippen molar-refractivity contribution in [2.45, 2.75) is 31.9 Å². The molecule has 15 heavy (non-hydrogen) atoms. The molecule has 0 rings (SSSR count). The summed E-state index contributed by atoms with van der Waals surface area (Å²) in [5.41, 5.74) is 0. The van der Waals surface area contributed by atoms with Gasteiger partial charge in [-0.3, -0.25) is 9.00 Å². The minimum Gasteiger partial charge on any atom is -0.469 e. The third-order valence-corrected chi connectivity index (χ3v) is 3.72. The monoisotopic (exact) mass is 236 g/mol.